The van der Waals surface area contributed by atoms with Gasteiger partial charge in [-0.3, -0.25) is 4.79 Å². The van der Waals surface area contributed by atoms with Crippen LogP contribution in [0.1, 0.15) is 46.6 Å². The summed E-state index contributed by atoms with van der Waals surface area (Å²) in [6, 6.07) is 0.0407. The Kier molecular flexibility index (Phi) is 5.09. The maximum atomic E-state index is 12.8. The lowest BCUT2D eigenvalue weighted by atomic mass is 10.1. The van der Waals surface area contributed by atoms with E-state index in [1.807, 2.05) is 23.6 Å². The predicted octanol–water partition coefficient (Wildman–Crippen LogP) is 2.30. The van der Waals surface area contributed by atoms with Gasteiger partial charge in [0.15, 0.2) is 0 Å². The van der Waals surface area contributed by atoms with E-state index in [1.54, 1.807) is 0 Å². The fourth-order valence-electron chi connectivity index (χ4n) is 4.00. The number of piperidine rings is 1. The summed E-state index contributed by atoms with van der Waals surface area (Å²) >= 11 is 1.27. The molecule has 0 aromatic carbocycles. The number of fused-ring (bicyclic) bond motifs is 1. The Morgan fingerprint density at radius 2 is 1.86 bits per heavy atom. The third-order valence-electron chi connectivity index (χ3n) is 5.76. The number of urea groups is 1. The number of hydrogen-bond donors (Lipinski definition) is 2. The zero-order chi connectivity index (χ0) is 19.8. The van der Waals surface area contributed by atoms with Gasteiger partial charge in [0.1, 0.15) is 9.71 Å². The van der Waals surface area contributed by atoms with Crippen LogP contribution in [-0.2, 0) is 0 Å². The fourth-order valence-corrected chi connectivity index (χ4v) is 5.00. The summed E-state index contributed by atoms with van der Waals surface area (Å²) in [6.45, 7) is 6.72. The van der Waals surface area contributed by atoms with Gasteiger partial charge in [0.05, 0.1) is 11.4 Å². The molecule has 0 radical (unpaired) electrons. The van der Waals surface area contributed by atoms with Gasteiger partial charge in [-0.05, 0) is 45.1 Å². The molecular formula is C19H26N6O2S. The average Bonchev–Trinajstić information content (AvgIpc) is 3.30. The van der Waals surface area contributed by atoms with Gasteiger partial charge < -0.3 is 20.9 Å². The van der Waals surface area contributed by atoms with E-state index in [0.29, 0.717) is 28.5 Å². The molecule has 0 bridgehead atoms. The van der Waals surface area contributed by atoms with Crippen molar-refractivity contribution in [3.05, 3.63) is 16.1 Å². The number of rotatable bonds is 2. The maximum Gasteiger partial charge on any atom is 0.320 e. The van der Waals surface area contributed by atoms with Crippen LogP contribution in [0.3, 0.4) is 0 Å². The van der Waals surface area contributed by atoms with Crippen LogP contribution in [-0.4, -0.2) is 64.2 Å². The van der Waals surface area contributed by atoms with E-state index in [9.17, 15) is 9.59 Å². The third-order valence-corrected chi connectivity index (χ3v) is 6.85. The largest absolute Gasteiger partial charge is 0.397 e. The molecule has 2 aliphatic rings. The number of aromatic nitrogens is 2. The zero-order valence-corrected chi connectivity index (χ0v) is 17.1. The van der Waals surface area contributed by atoms with Crippen molar-refractivity contribution in [2.24, 2.45) is 0 Å². The summed E-state index contributed by atoms with van der Waals surface area (Å²) < 4.78 is 0. The lowest BCUT2D eigenvalue weighted by Crippen LogP contribution is -2.46. The minimum Gasteiger partial charge on any atom is -0.397 e. The van der Waals surface area contributed by atoms with Crippen molar-refractivity contribution in [1.29, 1.82) is 0 Å². The number of nitrogens with two attached hydrogens (primary N) is 1. The number of nitrogen functional groups attached to an aromatic ring is 1. The number of carbonyl (C=O) groups excluding carboxylic acids is 2. The van der Waals surface area contributed by atoms with Crippen LogP contribution >= 0.6 is 11.3 Å². The van der Waals surface area contributed by atoms with Crippen molar-refractivity contribution >= 4 is 39.2 Å². The molecule has 4 heterocycles. The molecule has 2 fully saturated rings. The van der Waals surface area contributed by atoms with E-state index in [0.717, 1.165) is 49.0 Å². The molecule has 150 valence electrons. The molecule has 3 N–H and O–H groups in total. The van der Waals surface area contributed by atoms with Gasteiger partial charge in [-0.15, -0.1) is 16.4 Å². The first-order chi connectivity index (χ1) is 13.5. The van der Waals surface area contributed by atoms with E-state index in [-0.39, 0.29) is 18.0 Å². The van der Waals surface area contributed by atoms with Crippen LogP contribution in [0, 0.1) is 13.8 Å². The number of amides is 3. The van der Waals surface area contributed by atoms with Crippen LogP contribution in [0.25, 0.3) is 10.2 Å². The second-order valence-corrected chi connectivity index (χ2v) is 8.67. The van der Waals surface area contributed by atoms with Gasteiger partial charge in [-0.2, -0.15) is 5.10 Å². The van der Waals surface area contributed by atoms with E-state index in [2.05, 4.69) is 15.5 Å². The monoisotopic (exact) mass is 402 g/mol. The van der Waals surface area contributed by atoms with Crippen molar-refractivity contribution in [3.63, 3.8) is 0 Å². The van der Waals surface area contributed by atoms with E-state index < -0.39 is 0 Å². The summed E-state index contributed by atoms with van der Waals surface area (Å²) in [5.74, 6) is -0.199. The maximum absolute atomic E-state index is 12.8. The summed E-state index contributed by atoms with van der Waals surface area (Å²) in [6.07, 6.45) is 4.11. The number of thiophene rings is 1. The zero-order valence-electron chi connectivity index (χ0n) is 16.3. The van der Waals surface area contributed by atoms with Crippen LogP contribution in [0.4, 0.5) is 10.5 Å². The van der Waals surface area contributed by atoms with Gasteiger partial charge in [-0.1, -0.05) is 0 Å². The van der Waals surface area contributed by atoms with Crippen molar-refractivity contribution in [1.82, 2.24) is 25.3 Å². The van der Waals surface area contributed by atoms with Crippen molar-refractivity contribution in [2.45, 2.75) is 45.6 Å². The molecule has 2 saturated heterocycles. The van der Waals surface area contributed by atoms with Crippen molar-refractivity contribution in [3.8, 4) is 0 Å². The molecule has 2 aromatic heterocycles. The first-order valence-corrected chi connectivity index (χ1v) is 10.6. The molecule has 0 spiro atoms. The predicted molar refractivity (Wildman–Crippen MR) is 110 cm³/mol. The summed E-state index contributed by atoms with van der Waals surface area (Å²) in [7, 11) is 0. The summed E-state index contributed by atoms with van der Waals surface area (Å²) in [5.41, 5.74) is 8.50. The third kappa shape index (κ3) is 3.39. The Morgan fingerprint density at radius 3 is 2.61 bits per heavy atom. The van der Waals surface area contributed by atoms with Crippen LogP contribution in [0.15, 0.2) is 0 Å². The second-order valence-electron chi connectivity index (χ2n) is 7.67. The Bertz CT molecular complexity index is 921. The second kappa shape index (κ2) is 7.54. The molecule has 28 heavy (non-hydrogen) atoms. The molecule has 9 heteroatoms. The summed E-state index contributed by atoms with van der Waals surface area (Å²) in [5, 5.41) is 12.2. The molecule has 8 nitrogen and oxygen atoms in total. The Hall–Kier alpha value is -2.42. The average molecular weight is 403 g/mol. The van der Waals surface area contributed by atoms with Crippen molar-refractivity contribution < 1.29 is 9.59 Å². The minimum absolute atomic E-state index is 0.0558. The van der Waals surface area contributed by atoms with Gasteiger partial charge in [0.2, 0.25) is 0 Å². The molecule has 4 rings (SSSR count). The first kappa shape index (κ1) is 18.9. The van der Waals surface area contributed by atoms with E-state index in [4.69, 9.17) is 5.73 Å². The van der Waals surface area contributed by atoms with Gasteiger partial charge in [0.25, 0.3) is 5.91 Å². The van der Waals surface area contributed by atoms with Crippen molar-refractivity contribution in [2.75, 3.05) is 31.9 Å². The number of likely N-dealkylation sites (tertiary alicyclic amines) is 2. The normalized spacial score (nSPS) is 20.0. The van der Waals surface area contributed by atoms with Crippen LogP contribution in [0.5, 0.6) is 0 Å². The topological polar surface area (TPSA) is 104 Å². The van der Waals surface area contributed by atoms with E-state index in [1.165, 1.54) is 17.8 Å². The first-order valence-electron chi connectivity index (χ1n) is 9.82. The smallest absolute Gasteiger partial charge is 0.320 e. The highest BCUT2D eigenvalue weighted by molar-refractivity contribution is 7.21. The lowest BCUT2D eigenvalue weighted by molar-refractivity contribution is 0.0941. The Labute approximate surface area is 168 Å². The molecule has 1 atom stereocenters. The number of hydrogen-bond acceptors (Lipinski definition) is 6. The highest BCUT2D eigenvalue weighted by Crippen LogP contribution is 2.35. The Balaban J connectivity index is 1.43. The number of anilines is 1. The molecule has 0 aliphatic carbocycles. The molecule has 3 amide bonds. The molecule has 2 aliphatic heterocycles. The molecule has 0 saturated carbocycles. The highest BCUT2D eigenvalue weighted by Gasteiger charge is 2.31. The molecular weight excluding hydrogens is 376 g/mol. The highest BCUT2D eigenvalue weighted by atomic mass is 32.1. The Morgan fingerprint density at radius 1 is 1.11 bits per heavy atom. The van der Waals surface area contributed by atoms with Gasteiger partial charge in [-0.25, -0.2) is 4.79 Å². The van der Waals surface area contributed by atoms with Gasteiger partial charge >= 0.3 is 6.03 Å². The van der Waals surface area contributed by atoms with Crippen LogP contribution in [0.2, 0.25) is 0 Å². The van der Waals surface area contributed by atoms with Crippen LogP contribution < -0.4 is 11.1 Å². The minimum atomic E-state index is -0.199. The fraction of sp³-hybridized carbons (Fsp3) is 0.579. The quantitative estimate of drug-likeness (QED) is 0.802. The summed E-state index contributed by atoms with van der Waals surface area (Å²) in [4.78, 5) is 30.4. The number of carbonyl (C=O) groups is 2. The standard InChI is InChI=1S/C19H26N6O2S/c1-11-12(2)22-23-18-14(11)15(20)16(28-18)17(26)21-13-6-9-25(10-13)19(27)24-7-4-3-5-8-24/h13H,3-10,20H2,1-2H3,(H,21,26). The SMILES string of the molecule is Cc1nnc2sc(C(=O)NC3CCN(C(=O)N4CCCCC4)C3)c(N)c2c1C. The number of nitrogens with zero attached hydrogens (tertiary/aromatic N) is 4. The molecule has 1 unspecified atom stereocenters. The lowest BCUT2D eigenvalue weighted by Gasteiger charge is -2.31. The number of aryl methyl sites for hydroxylation is 2. The van der Waals surface area contributed by atoms with E-state index >= 15 is 0 Å². The molecule has 2 aromatic rings. The number of nitrogens with one attached hydrogen (secondary N) is 1. The van der Waals surface area contributed by atoms with Gasteiger partial charge in [0, 0.05) is 37.6 Å².